The van der Waals surface area contributed by atoms with Gasteiger partial charge in [-0.3, -0.25) is 4.57 Å². The molecule has 0 N–H and O–H groups in total. The number of ether oxygens (including phenoxy) is 3. The van der Waals surface area contributed by atoms with E-state index in [-0.39, 0.29) is 24.2 Å². The van der Waals surface area contributed by atoms with Gasteiger partial charge in [0.05, 0.1) is 31.9 Å². The van der Waals surface area contributed by atoms with Crippen LogP contribution in [0.3, 0.4) is 0 Å². The van der Waals surface area contributed by atoms with Crippen LogP contribution in [0.4, 0.5) is 10.3 Å². The average Bonchev–Trinajstić information content (AvgIpc) is 3.58. The van der Waals surface area contributed by atoms with E-state index in [1.54, 1.807) is 41.9 Å². The van der Waals surface area contributed by atoms with Gasteiger partial charge in [-0.2, -0.15) is 0 Å². The fraction of sp³-hybridized carbons (Fsp3) is 0.500. The highest BCUT2D eigenvalue weighted by molar-refractivity contribution is 7.91. The molecule has 2 aromatic heterocycles. The minimum absolute atomic E-state index is 0.207. The van der Waals surface area contributed by atoms with Crippen molar-refractivity contribution >= 4 is 15.8 Å². The Balaban J connectivity index is 1.50. The molecule has 0 aliphatic carbocycles. The summed E-state index contributed by atoms with van der Waals surface area (Å²) in [6.07, 6.45) is 4.59. The average molecular weight is 533 g/mol. The molecule has 3 aromatic rings. The van der Waals surface area contributed by atoms with Crippen LogP contribution >= 0.6 is 0 Å². The molecule has 1 aromatic carbocycles. The second kappa shape index (κ2) is 10.6. The molecule has 5 rings (SSSR count). The molecule has 11 nitrogen and oxygen atoms in total. The Bertz CT molecular complexity index is 1320. The minimum Gasteiger partial charge on any atom is -0.494 e. The number of piperidine rings is 1. The van der Waals surface area contributed by atoms with Crippen molar-refractivity contribution in [1.29, 1.82) is 0 Å². The molecule has 0 unspecified atom stereocenters. The van der Waals surface area contributed by atoms with Crippen molar-refractivity contribution in [3.63, 3.8) is 0 Å². The molecule has 13 heteroatoms. The van der Waals surface area contributed by atoms with Crippen molar-refractivity contribution in [2.75, 3.05) is 38.8 Å². The highest BCUT2D eigenvalue weighted by Crippen LogP contribution is 2.38. The fourth-order valence-electron chi connectivity index (χ4n) is 4.89. The van der Waals surface area contributed by atoms with Gasteiger partial charge in [-0.05, 0) is 37.8 Å². The lowest BCUT2D eigenvalue weighted by Crippen LogP contribution is -2.43. The molecule has 198 valence electrons. The summed E-state index contributed by atoms with van der Waals surface area (Å²) in [5.41, 5.74) is 0.526. The molecule has 0 radical (unpaired) electrons. The van der Waals surface area contributed by atoms with E-state index in [1.165, 1.54) is 0 Å². The Kier molecular flexibility index (Phi) is 7.24. The standard InChI is InChI=1S/C24H29FN6O5S/c1-34-18-7-3-8-19(35-2)22(18)31-21(28-29-23(31)20-9-5-11-36-20)15-37(32,33)17-6-4-10-30(14-17)24-26-12-16(25)13-27-24/h3,7-8,12-13,17,20H,4-6,9-11,14-15H2,1-2H3/t17-,20-/m0/s1. The molecule has 0 bridgehead atoms. The van der Waals surface area contributed by atoms with Crippen molar-refractivity contribution in [2.45, 2.75) is 42.8 Å². The fourth-order valence-corrected chi connectivity index (χ4v) is 6.60. The van der Waals surface area contributed by atoms with E-state index in [9.17, 15) is 12.8 Å². The molecule has 4 heterocycles. The van der Waals surface area contributed by atoms with E-state index < -0.39 is 20.9 Å². The van der Waals surface area contributed by atoms with Gasteiger partial charge < -0.3 is 19.1 Å². The number of anilines is 1. The number of methoxy groups -OCH3 is 2. The van der Waals surface area contributed by atoms with Crippen LogP contribution in [0.2, 0.25) is 0 Å². The Morgan fingerprint density at radius 2 is 1.81 bits per heavy atom. The Morgan fingerprint density at radius 1 is 1.08 bits per heavy atom. The first-order valence-electron chi connectivity index (χ1n) is 12.1. The maximum Gasteiger partial charge on any atom is 0.225 e. The highest BCUT2D eigenvalue weighted by atomic mass is 32.2. The summed E-state index contributed by atoms with van der Waals surface area (Å²) in [7, 11) is -0.601. The predicted octanol–water partition coefficient (Wildman–Crippen LogP) is 2.65. The Morgan fingerprint density at radius 3 is 2.46 bits per heavy atom. The van der Waals surface area contributed by atoms with Gasteiger partial charge in [0.2, 0.25) is 5.95 Å². The second-order valence-corrected chi connectivity index (χ2v) is 11.3. The maximum absolute atomic E-state index is 13.7. The van der Waals surface area contributed by atoms with Gasteiger partial charge >= 0.3 is 0 Å². The SMILES string of the molecule is COc1cccc(OC)c1-n1c(CS(=O)(=O)[C@H]2CCCN(c3ncc(F)cn3)C2)nnc1[C@@H]1CCCO1. The lowest BCUT2D eigenvalue weighted by atomic mass is 10.1. The van der Waals surface area contributed by atoms with Crippen molar-refractivity contribution in [1.82, 2.24) is 24.7 Å². The van der Waals surface area contributed by atoms with E-state index >= 15 is 0 Å². The van der Waals surface area contributed by atoms with Gasteiger partial charge in [-0.1, -0.05) is 6.07 Å². The van der Waals surface area contributed by atoms with Crippen LogP contribution in [-0.2, 0) is 20.3 Å². The number of hydrogen-bond donors (Lipinski definition) is 0. The van der Waals surface area contributed by atoms with Crippen molar-refractivity contribution in [2.24, 2.45) is 0 Å². The van der Waals surface area contributed by atoms with Gasteiger partial charge in [0.15, 0.2) is 27.3 Å². The molecule has 2 saturated heterocycles. The number of para-hydroxylation sites is 1. The first kappa shape index (κ1) is 25.3. The summed E-state index contributed by atoms with van der Waals surface area (Å²) < 4.78 is 59.5. The summed E-state index contributed by atoms with van der Waals surface area (Å²) in [6, 6.07) is 5.34. The van der Waals surface area contributed by atoms with Gasteiger partial charge in [0.25, 0.3) is 0 Å². The van der Waals surface area contributed by atoms with Crippen molar-refractivity contribution in [3.8, 4) is 17.2 Å². The monoisotopic (exact) mass is 532 g/mol. The van der Waals surface area contributed by atoms with Crippen LogP contribution in [0.25, 0.3) is 5.69 Å². The number of halogens is 1. The normalized spacial score (nSPS) is 20.2. The summed E-state index contributed by atoms with van der Waals surface area (Å²) in [6.45, 7) is 1.39. The van der Waals surface area contributed by atoms with Gasteiger partial charge in [-0.15, -0.1) is 10.2 Å². The third-order valence-corrected chi connectivity index (χ3v) is 8.77. The Labute approximate surface area is 214 Å². The van der Waals surface area contributed by atoms with E-state index in [0.29, 0.717) is 55.0 Å². The highest BCUT2D eigenvalue weighted by Gasteiger charge is 2.35. The molecule has 0 amide bonds. The zero-order chi connectivity index (χ0) is 26.0. The van der Waals surface area contributed by atoms with Crippen molar-refractivity contribution in [3.05, 3.63) is 48.1 Å². The smallest absolute Gasteiger partial charge is 0.225 e. The number of nitrogens with zero attached hydrogens (tertiary/aromatic N) is 6. The van der Waals surface area contributed by atoms with Gasteiger partial charge in [0, 0.05) is 19.7 Å². The van der Waals surface area contributed by atoms with Crippen LogP contribution in [0.5, 0.6) is 11.5 Å². The third-order valence-electron chi connectivity index (χ3n) is 6.70. The largest absolute Gasteiger partial charge is 0.494 e. The molecule has 2 fully saturated rings. The summed E-state index contributed by atoms with van der Waals surface area (Å²) in [5.74, 6) is 1.18. The number of sulfone groups is 1. The molecule has 2 atom stereocenters. The molecular weight excluding hydrogens is 503 g/mol. The van der Waals surface area contributed by atoms with Gasteiger partial charge in [0.1, 0.15) is 29.0 Å². The molecule has 37 heavy (non-hydrogen) atoms. The Hall–Kier alpha value is -3.32. The van der Waals surface area contributed by atoms with E-state index in [2.05, 4.69) is 20.2 Å². The van der Waals surface area contributed by atoms with Crippen LogP contribution < -0.4 is 14.4 Å². The minimum atomic E-state index is -3.68. The van der Waals surface area contributed by atoms with Crippen LogP contribution in [0, 0.1) is 5.82 Å². The summed E-state index contributed by atoms with van der Waals surface area (Å²) >= 11 is 0. The van der Waals surface area contributed by atoms with E-state index in [0.717, 1.165) is 25.2 Å². The molecule has 0 spiro atoms. The number of aromatic nitrogens is 5. The van der Waals surface area contributed by atoms with Crippen LogP contribution in [-0.4, -0.2) is 72.3 Å². The molecule has 2 aliphatic heterocycles. The number of rotatable bonds is 8. The van der Waals surface area contributed by atoms with E-state index in [1.807, 2.05) is 0 Å². The topological polar surface area (TPSA) is 122 Å². The molecular formula is C24H29FN6O5S. The quantitative estimate of drug-likeness (QED) is 0.428. The lowest BCUT2D eigenvalue weighted by Gasteiger charge is -2.32. The van der Waals surface area contributed by atoms with Gasteiger partial charge in [-0.25, -0.2) is 22.8 Å². The number of hydrogen-bond acceptors (Lipinski definition) is 10. The van der Waals surface area contributed by atoms with Crippen molar-refractivity contribution < 1.29 is 27.0 Å². The van der Waals surface area contributed by atoms with E-state index in [4.69, 9.17) is 14.2 Å². The zero-order valence-corrected chi connectivity index (χ0v) is 21.5. The first-order chi connectivity index (χ1) is 17.9. The summed E-state index contributed by atoms with van der Waals surface area (Å²) in [5, 5.41) is 8.01. The second-order valence-electron chi connectivity index (χ2n) is 9.04. The zero-order valence-electron chi connectivity index (χ0n) is 20.7. The first-order valence-corrected chi connectivity index (χ1v) is 13.8. The summed E-state index contributed by atoms with van der Waals surface area (Å²) in [4.78, 5) is 9.81. The van der Waals surface area contributed by atoms with Crippen LogP contribution in [0.1, 0.15) is 43.4 Å². The lowest BCUT2D eigenvalue weighted by molar-refractivity contribution is 0.103. The van der Waals surface area contributed by atoms with Crippen LogP contribution in [0.15, 0.2) is 30.6 Å². The molecule has 2 aliphatic rings. The maximum atomic E-state index is 13.7. The predicted molar refractivity (Wildman–Crippen MR) is 132 cm³/mol. The number of benzene rings is 1. The third kappa shape index (κ3) is 5.10. The molecule has 0 saturated carbocycles.